The highest BCUT2D eigenvalue weighted by Crippen LogP contribution is 2.20. The van der Waals surface area contributed by atoms with Gasteiger partial charge in [-0.15, -0.1) is 0 Å². The van der Waals surface area contributed by atoms with Crippen LogP contribution in [0.25, 0.3) is 0 Å². The summed E-state index contributed by atoms with van der Waals surface area (Å²) in [4.78, 5) is 124. The van der Waals surface area contributed by atoms with Gasteiger partial charge in [0.15, 0.2) is 0 Å². The van der Waals surface area contributed by atoms with Crippen molar-refractivity contribution in [2.45, 2.75) is 156 Å². The van der Waals surface area contributed by atoms with Crippen molar-refractivity contribution in [3.63, 3.8) is 0 Å². The maximum Gasteiger partial charge on any atom is 0.248 e. The Morgan fingerprint density at radius 1 is 0.525 bits per heavy atom. The second-order valence-corrected chi connectivity index (χ2v) is 17.8. The number of carbonyl (C=O) groups excluding carboxylic acids is 9. The Balaban J connectivity index is 2.59. The van der Waals surface area contributed by atoms with Crippen LogP contribution in [0, 0.1) is 29.6 Å². The number of carbonyl (C=O) groups is 9. The van der Waals surface area contributed by atoms with Gasteiger partial charge in [-0.3, -0.25) is 43.2 Å². The van der Waals surface area contributed by atoms with E-state index in [-0.39, 0.29) is 50.0 Å². The van der Waals surface area contributed by atoms with Gasteiger partial charge in [0.25, 0.3) is 0 Å². The van der Waals surface area contributed by atoms with Crippen molar-refractivity contribution in [2.75, 3.05) is 26.2 Å². The van der Waals surface area contributed by atoms with Crippen LogP contribution in [-0.2, 0) is 43.2 Å². The molecule has 0 aromatic rings. The van der Waals surface area contributed by atoms with Crippen molar-refractivity contribution in [3.8, 4) is 0 Å². The minimum absolute atomic E-state index is 0.0734. The van der Waals surface area contributed by atoms with Gasteiger partial charge in [-0.25, -0.2) is 0 Å². The van der Waals surface area contributed by atoms with Crippen molar-refractivity contribution >= 4 is 53.2 Å². The molecule has 9 atom stereocenters. The minimum atomic E-state index is -1.46. The van der Waals surface area contributed by atoms with E-state index < -0.39 is 127 Å². The number of amides is 9. The molecule has 2 unspecified atom stereocenters. The Morgan fingerprint density at radius 2 is 0.934 bits per heavy atom. The fourth-order valence-electron chi connectivity index (χ4n) is 7.30. The Morgan fingerprint density at radius 3 is 1.36 bits per heavy atom. The number of rotatable bonds is 11. The van der Waals surface area contributed by atoms with Gasteiger partial charge in [-0.05, 0) is 61.7 Å². The van der Waals surface area contributed by atoms with Crippen LogP contribution in [-0.4, -0.2) is 132 Å². The molecule has 2 heterocycles. The molecule has 0 radical (unpaired) electrons. The highest BCUT2D eigenvalue weighted by Gasteiger charge is 2.40. The number of aliphatic hydroxyl groups excluding tert-OH is 1. The molecule has 2 saturated heterocycles. The molecular formula is C42H73N9O10. The van der Waals surface area contributed by atoms with E-state index in [0.29, 0.717) is 19.3 Å². The van der Waals surface area contributed by atoms with Gasteiger partial charge in [0.1, 0.15) is 42.3 Å². The summed E-state index contributed by atoms with van der Waals surface area (Å²) in [5.74, 6) is -7.24. The second kappa shape index (κ2) is 25.2. The molecule has 0 saturated carbocycles. The first-order chi connectivity index (χ1) is 28.6. The van der Waals surface area contributed by atoms with Crippen LogP contribution >= 0.6 is 0 Å². The van der Waals surface area contributed by atoms with E-state index in [0.717, 1.165) is 0 Å². The SMILES string of the molecule is CCC(C)[C@@H]1NC(=O)CNC(=O)[C@H](CC(C)C)NC(=O)[C@H](CC(C)C)NC(=O)[C@H]([C@@H](C)CC)NC(=O)C2CCCN2C(=O)[C@H](CO)NC(=O)CNC(=O)[C@H](CC(C)C)NC1=O. The lowest BCUT2D eigenvalue weighted by Gasteiger charge is -2.31. The summed E-state index contributed by atoms with van der Waals surface area (Å²) in [6.45, 7) is 16.4. The van der Waals surface area contributed by atoms with Crippen molar-refractivity contribution in [1.29, 1.82) is 0 Å². The summed E-state index contributed by atoms with van der Waals surface area (Å²) >= 11 is 0. The number of nitrogens with zero attached hydrogens (tertiary/aromatic N) is 1. The van der Waals surface area contributed by atoms with Gasteiger partial charge in [0.05, 0.1) is 19.7 Å². The quantitative estimate of drug-likeness (QED) is 0.127. The van der Waals surface area contributed by atoms with Gasteiger partial charge in [0, 0.05) is 6.54 Å². The number of nitrogens with one attached hydrogen (secondary N) is 8. The lowest BCUT2D eigenvalue weighted by molar-refractivity contribution is -0.143. The van der Waals surface area contributed by atoms with Crippen LogP contribution in [0.4, 0.5) is 0 Å². The summed E-state index contributed by atoms with van der Waals surface area (Å²) in [6.07, 6.45) is 2.16. The maximum atomic E-state index is 14.0. The summed E-state index contributed by atoms with van der Waals surface area (Å²) < 4.78 is 0. The fourth-order valence-corrected chi connectivity index (χ4v) is 7.30. The van der Waals surface area contributed by atoms with E-state index in [4.69, 9.17) is 0 Å². The Kier molecular flexibility index (Phi) is 21.6. The number of aliphatic hydroxyl groups is 1. The second-order valence-electron chi connectivity index (χ2n) is 17.8. The predicted octanol–water partition coefficient (Wildman–Crippen LogP) is -0.645. The molecular weight excluding hydrogens is 791 g/mol. The van der Waals surface area contributed by atoms with E-state index in [1.54, 1.807) is 13.8 Å². The molecule has 2 aliphatic heterocycles. The summed E-state index contributed by atoms with van der Waals surface area (Å²) in [5.41, 5.74) is 0. The monoisotopic (exact) mass is 864 g/mol. The van der Waals surface area contributed by atoms with Crippen molar-refractivity contribution in [1.82, 2.24) is 47.4 Å². The molecule has 0 spiro atoms. The third kappa shape index (κ3) is 16.5. The molecule has 0 aromatic heterocycles. The third-order valence-corrected chi connectivity index (χ3v) is 11.1. The van der Waals surface area contributed by atoms with Crippen molar-refractivity contribution in [3.05, 3.63) is 0 Å². The zero-order valence-corrected chi connectivity index (χ0v) is 37.8. The van der Waals surface area contributed by atoms with Crippen LogP contribution in [0.3, 0.4) is 0 Å². The first kappa shape index (κ1) is 52.3. The molecule has 19 nitrogen and oxygen atoms in total. The average molecular weight is 864 g/mol. The van der Waals surface area contributed by atoms with E-state index >= 15 is 0 Å². The summed E-state index contributed by atoms with van der Waals surface area (Å²) in [6, 6.07) is -8.06. The van der Waals surface area contributed by atoms with Crippen LogP contribution in [0.1, 0.15) is 114 Å². The first-order valence-electron chi connectivity index (χ1n) is 21.9. The molecule has 19 heteroatoms. The van der Waals surface area contributed by atoms with Gasteiger partial charge in [0.2, 0.25) is 53.2 Å². The lowest BCUT2D eigenvalue weighted by atomic mass is 9.96. The molecule has 2 fully saturated rings. The Hall–Kier alpha value is -4.81. The van der Waals surface area contributed by atoms with Gasteiger partial charge < -0.3 is 52.5 Å². The van der Waals surface area contributed by atoms with Crippen molar-refractivity contribution in [2.24, 2.45) is 29.6 Å². The standard InChI is InChI=1S/C42H73N9O10/c1-11-25(9)34-40(59)47-28(17-23(5)6)37(56)43-19-32(53)45-30(21-52)42(61)51-15-13-14-31(51)39(58)50-35(26(10)12-2)41(60)48-29(18-24(7)8)38(57)46-27(16-22(3)4)36(55)44-20-33(54)49-34/h22-31,34-35,52H,11-21H2,1-10H3,(H,43,56)(H,44,55)(H,45,53)(H,46,57)(H,47,59)(H,48,60)(H,49,54)(H,50,58)/t25?,26-,27-,28-,29-,30-,31?,34-,35-/m0/s1. The molecule has 0 aliphatic carbocycles. The first-order valence-corrected chi connectivity index (χ1v) is 21.9. The number of hydrogen-bond acceptors (Lipinski definition) is 10. The van der Waals surface area contributed by atoms with Crippen LogP contribution in [0.2, 0.25) is 0 Å². The third-order valence-electron chi connectivity index (χ3n) is 11.1. The molecule has 61 heavy (non-hydrogen) atoms. The Labute approximate surface area is 360 Å². The zero-order valence-electron chi connectivity index (χ0n) is 37.8. The molecule has 2 aliphatic rings. The zero-order chi connectivity index (χ0) is 46.1. The molecule has 9 amide bonds. The van der Waals surface area contributed by atoms with E-state index in [9.17, 15) is 48.3 Å². The smallest absolute Gasteiger partial charge is 0.248 e. The summed E-state index contributed by atoms with van der Waals surface area (Å²) in [7, 11) is 0. The fraction of sp³-hybridized carbons (Fsp3) is 0.786. The van der Waals surface area contributed by atoms with E-state index in [1.165, 1.54) is 4.90 Å². The Bertz CT molecular complexity index is 1560. The molecule has 2 rings (SSSR count). The van der Waals surface area contributed by atoms with E-state index in [1.807, 2.05) is 55.4 Å². The molecule has 346 valence electrons. The van der Waals surface area contributed by atoms with Crippen LogP contribution in [0.5, 0.6) is 0 Å². The number of fused-ring (bicyclic) bond motifs is 1. The lowest BCUT2D eigenvalue weighted by Crippen LogP contribution is -2.60. The van der Waals surface area contributed by atoms with Gasteiger partial charge in [-0.2, -0.15) is 0 Å². The summed E-state index contributed by atoms with van der Waals surface area (Å²) in [5, 5.41) is 31.3. The topological polar surface area (TPSA) is 273 Å². The van der Waals surface area contributed by atoms with Gasteiger partial charge >= 0.3 is 0 Å². The predicted molar refractivity (Wildman–Crippen MR) is 227 cm³/mol. The van der Waals surface area contributed by atoms with Gasteiger partial charge in [-0.1, -0.05) is 82.1 Å². The normalized spacial score (nSPS) is 27.5. The van der Waals surface area contributed by atoms with Crippen LogP contribution in [0.15, 0.2) is 0 Å². The van der Waals surface area contributed by atoms with Crippen LogP contribution < -0.4 is 42.5 Å². The largest absolute Gasteiger partial charge is 0.394 e. The van der Waals surface area contributed by atoms with Crippen molar-refractivity contribution < 1.29 is 48.3 Å². The molecule has 9 N–H and O–H groups in total. The van der Waals surface area contributed by atoms with E-state index in [2.05, 4.69) is 42.5 Å². The number of hydrogen-bond donors (Lipinski definition) is 9. The molecule has 0 bridgehead atoms. The maximum absolute atomic E-state index is 14.0. The highest BCUT2D eigenvalue weighted by atomic mass is 16.3. The average Bonchev–Trinajstić information content (AvgIpc) is 3.70. The highest BCUT2D eigenvalue weighted by molar-refractivity contribution is 5.98. The minimum Gasteiger partial charge on any atom is -0.394 e. The molecule has 0 aromatic carbocycles.